The highest BCUT2D eigenvalue weighted by molar-refractivity contribution is 5.93. The second-order valence-electron chi connectivity index (χ2n) is 6.51. The van der Waals surface area contributed by atoms with Gasteiger partial charge in [-0.2, -0.15) is 0 Å². The lowest BCUT2D eigenvalue weighted by Gasteiger charge is -2.36. The first-order valence-electron chi connectivity index (χ1n) is 9.08. The number of hydrogen-bond acceptors (Lipinski definition) is 3. The van der Waals surface area contributed by atoms with Crippen LogP contribution in [-0.4, -0.2) is 72.5 Å². The molecule has 25 heavy (non-hydrogen) atoms. The molecular formula is C19H30N4O2. The van der Waals surface area contributed by atoms with E-state index >= 15 is 0 Å². The summed E-state index contributed by atoms with van der Waals surface area (Å²) in [5.41, 5.74) is 3.15. The van der Waals surface area contributed by atoms with Crippen molar-refractivity contribution in [2.75, 3.05) is 51.1 Å². The van der Waals surface area contributed by atoms with E-state index in [0.29, 0.717) is 19.6 Å². The van der Waals surface area contributed by atoms with Gasteiger partial charge in [-0.25, -0.2) is 4.79 Å². The highest BCUT2D eigenvalue weighted by Gasteiger charge is 2.24. The fourth-order valence-corrected chi connectivity index (χ4v) is 3.07. The average molecular weight is 346 g/mol. The lowest BCUT2D eigenvalue weighted by Crippen LogP contribution is -2.53. The summed E-state index contributed by atoms with van der Waals surface area (Å²) < 4.78 is 0. The van der Waals surface area contributed by atoms with Crippen LogP contribution < -0.4 is 5.32 Å². The van der Waals surface area contributed by atoms with E-state index in [1.54, 1.807) is 0 Å². The van der Waals surface area contributed by atoms with Crippen LogP contribution in [0.4, 0.5) is 10.5 Å². The zero-order valence-electron chi connectivity index (χ0n) is 15.8. The summed E-state index contributed by atoms with van der Waals surface area (Å²) >= 11 is 0. The van der Waals surface area contributed by atoms with E-state index in [2.05, 4.69) is 10.2 Å². The van der Waals surface area contributed by atoms with Gasteiger partial charge in [0.05, 0.1) is 6.54 Å². The molecule has 6 nitrogen and oxygen atoms in total. The Morgan fingerprint density at radius 2 is 1.72 bits per heavy atom. The summed E-state index contributed by atoms with van der Waals surface area (Å²) in [7, 11) is 0. The van der Waals surface area contributed by atoms with Crippen molar-refractivity contribution in [1.29, 1.82) is 0 Å². The van der Waals surface area contributed by atoms with E-state index in [4.69, 9.17) is 0 Å². The number of anilines is 1. The first kappa shape index (κ1) is 19.2. The molecule has 0 atom stereocenters. The second-order valence-corrected chi connectivity index (χ2v) is 6.51. The molecule has 1 aromatic rings. The number of nitrogens with one attached hydrogen (secondary N) is 1. The lowest BCUT2D eigenvalue weighted by molar-refractivity contribution is -0.117. The molecule has 1 heterocycles. The van der Waals surface area contributed by atoms with Crippen LogP contribution in [0.3, 0.4) is 0 Å². The maximum atomic E-state index is 12.4. The first-order chi connectivity index (χ1) is 12.0. The molecule has 0 aliphatic carbocycles. The number of carbonyl (C=O) groups excluding carboxylic acids is 2. The molecule has 1 saturated heterocycles. The van der Waals surface area contributed by atoms with Crippen molar-refractivity contribution in [3.05, 3.63) is 29.3 Å². The zero-order valence-corrected chi connectivity index (χ0v) is 15.8. The molecule has 0 saturated carbocycles. The number of hydrogen-bond donors (Lipinski definition) is 1. The monoisotopic (exact) mass is 346 g/mol. The Kier molecular flexibility index (Phi) is 6.82. The van der Waals surface area contributed by atoms with Crippen molar-refractivity contribution >= 4 is 17.6 Å². The molecule has 1 aliphatic rings. The Bertz CT molecular complexity index is 605. The fraction of sp³-hybridized carbons (Fsp3) is 0.579. The highest BCUT2D eigenvalue weighted by Crippen LogP contribution is 2.18. The average Bonchev–Trinajstić information content (AvgIpc) is 2.60. The van der Waals surface area contributed by atoms with Crippen LogP contribution in [0.15, 0.2) is 18.2 Å². The summed E-state index contributed by atoms with van der Waals surface area (Å²) in [6.45, 7) is 12.7. The topological polar surface area (TPSA) is 55.9 Å². The number of nitrogens with zero attached hydrogens (tertiary/aromatic N) is 3. The number of aryl methyl sites for hydroxylation is 1. The molecule has 0 bridgehead atoms. The molecule has 138 valence electrons. The Hall–Kier alpha value is -2.08. The summed E-state index contributed by atoms with van der Waals surface area (Å²) in [4.78, 5) is 30.5. The number of carbonyl (C=O) groups is 2. The minimum Gasteiger partial charge on any atom is -0.325 e. The third-order valence-corrected chi connectivity index (χ3v) is 4.92. The van der Waals surface area contributed by atoms with Gasteiger partial charge in [0.1, 0.15) is 0 Å². The third kappa shape index (κ3) is 4.95. The van der Waals surface area contributed by atoms with Gasteiger partial charge in [-0.15, -0.1) is 0 Å². The first-order valence-corrected chi connectivity index (χ1v) is 9.08. The number of rotatable bonds is 5. The molecule has 1 aromatic carbocycles. The smallest absolute Gasteiger partial charge is 0.320 e. The molecule has 0 radical (unpaired) electrons. The normalized spacial score (nSPS) is 15.1. The van der Waals surface area contributed by atoms with E-state index < -0.39 is 0 Å². The van der Waals surface area contributed by atoms with Crippen molar-refractivity contribution in [3.8, 4) is 0 Å². The largest absolute Gasteiger partial charge is 0.325 e. The molecule has 0 spiro atoms. The van der Waals surface area contributed by atoms with E-state index in [9.17, 15) is 9.59 Å². The minimum absolute atomic E-state index is 0.00257. The maximum absolute atomic E-state index is 12.4. The number of amides is 3. The van der Waals surface area contributed by atoms with Crippen molar-refractivity contribution in [2.24, 2.45) is 0 Å². The standard InChI is InChI=1S/C19H30N4O2/c1-5-22(6-2)19(25)23-12-10-21(11-13-23)14-18(24)20-17-9-7-8-15(3)16(17)4/h7-9H,5-6,10-14H2,1-4H3,(H,20,24). The summed E-state index contributed by atoms with van der Waals surface area (Å²) in [5, 5.41) is 3.00. The van der Waals surface area contributed by atoms with Crippen molar-refractivity contribution in [2.45, 2.75) is 27.7 Å². The lowest BCUT2D eigenvalue weighted by atomic mass is 10.1. The molecule has 6 heteroatoms. The summed E-state index contributed by atoms with van der Waals surface area (Å²) in [6.07, 6.45) is 0. The third-order valence-electron chi connectivity index (χ3n) is 4.92. The van der Waals surface area contributed by atoms with Crippen LogP contribution in [0.2, 0.25) is 0 Å². The van der Waals surface area contributed by atoms with Crippen LogP contribution in [-0.2, 0) is 4.79 Å². The molecule has 3 amide bonds. The number of benzene rings is 1. The van der Waals surface area contributed by atoms with Gasteiger partial charge in [-0.3, -0.25) is 9.69 Å². The predicted molar refractivity (Wildman–Crippen MR) is 101 cm³/mol. The van der Waals surface area contributed by atoms with E-state index in [1.807, 2.05) is 55.7 Å². The maximum Gasteiger partial charge on any atom is 0.320 e. The van der Waals surface area contributed by atoms with Gasteiger partial charge in [0.2, 0.25) is 5.91 Å². The summed E-state index contributed by atoms with van der Waals surface area (Å²) in [5.74, 6) is -0.00257. The van der Waals surface area contributed by atoms with Gasteiger partial charge in [0, 0.05) is 45.0 Å². The van der Waals surface area contributed by atoms with Crippen LogP contribution in [0.25, 0.3) is 0 Å². The van der Waals surface area contributed by atoms with Crippen LogP contribution >= 0.6 is 0 Å². The van der Waals surface area contributed by atoms with Gasteiger partial charge < -0.3 is 15.1 Å². The van der Waals surface area contributed by atoms with Crippen molar-refractivity contribution in [1.82, 2.24) is 14.7 Å². The van der Waals surface area contributed by atoms with Gasteiger partial charge in [-0.1, -0.05) is 12.1 Å². The molecule has 0 unspecified atom stereocenters. The SMILES string of the molecule is CCN(CC)C(=O)N1CCN(CC(=O)Nc2cccc(C)c2C)CC1. The molecule has 0 aromatic heterocycles. The quantitative estimate of drug-likeness (QED) is 0.890. The van der Waals surface area contributed by atoms with Crippen molar-refractivity contribution in [3.63, 3.8) is 0 Å². The van der Waals surface area contributed by atoms with E-state index in [0.717, 1.165) is 37.4 Å². The zero-order chi connectivity index (χ0) is 18.4. The highest BCUT2D eigenvalue weighted by atomic mass is 16.2. The van der Waals surface area contributed by atoms with E-state index in [-0.39, 0.29) is 11.9 Å². The van der Waals surface area contributed by atoms with Gasteiger partial charge in [0.25, 0.3) is 0 Å². The van der Waals surface area contributed by atoms with Gasteiger partial charge in [0.15, 0.2) is 0 Å². The Morgan fingerprint density at radius 1 is 1.08 bits per heavy atom. The molecule has 1 aliphatic heterocycles. The molecule has 1 N–H and O–H groups in total. The van der Waals surface area contributed by atoms with Crippen LogP contribution in [0, 0.1) is 13.8 Å². The van der Waals surface area contributed by atoms with Crippen molar-refractivity contribution < 1.29 is 9.59 Å². The molecule has 2 rings (SSSR count). The van der Waals surface area contributed by atoms with Crippen LogP contribution in [0.5, 0.6) is 0 Å². The minimum atomic E-state index is -0.00257. The van der Waals surface area contributed by atoms with Gasteiger partial charge in [-0.05, 0) is 44.9 Å². The van der Waals surface area contributed by atoms with Crippen LogP contribution in [0.1, 0.15) is 25.0 Å². The Labute approximate surface area is 150 Å². The number of piperazine rings is 1. The molecule has 1 fully saturated rings. The number of urea groups is 1. The predicted octanol–water partition coefficient (Wildman–Crippen LogP) is 2.32. The van der Waals surface area contributed by atoms with Gasteiger partial charge >= 0.3 is 6.03 Å². The molecular weight excluding hydrogens is 316 g/mol. The summed E-state index contributed by atoms with van der Waals surface area (Å²) in [6, 6.07) is 6.03. The fourth-order valence-electron chi connectivity index (χ4n) is 3.07. The Balaban J connectivity index is 1.82. The Morgan fingerprint density at radius 3 is 2.32 bits per heavy atom. The second kappa shape index (κ2) is 8.85. The van der Waals surface area contributed by atoms with E-state index in [1.165, 1.54) is 5.56 Å².